The first-order chi connectivity index (χ1) is 11.8. The van der Waals surface area contributed by atoms with Gasteiger partial charge in [0.1, 0.15) is 0 Å². The van der Waals surface area contributed by atoms with E-state index in [1.54, 1.807) is 11.8 Å². The summed E-state index contributed by atoms with van der Waals surface area (Å²) in [6.45, 7) is 7.92. The maximum Gasteiger partial charge on any atom is 0.338 e. The summed E-state index contributed by atoms with van der Waals surface area (Å²) in [5, 5.41) is 0.446. The molecule has 2 aliphatic heterocycles. The highest BCUT2D eigenvalue weighted by Crippen LogP contribution is 2.43. The van der Waals surface area contributed by atoms with Crippen LogP contribution in [0.15, 0.2) is 40.5 Å². The molecule has 2 heterocycles. The van der Waals surface area contributed by atoms with Gasteiger partial charge in [-0.15, -0.1) is 0 Å². The molecule has 132 valence electrons. The molecular formula is C19H22N2O3S. The maximum atomic E-state index is 12.7. The van der Waals surface area contributed by atoms with Crippen molar-refractivity contribution in [2.75, 3.05) is 7.11 Å². The number of carbonyl (C=O) groups excluding carboxylic acids is 2. The van der Waals surface area contributed by atoms with Gasteiger partial charge in [-0.25, -0.2) is 9.79 Å². The first-order valence-electron chi connectivity index (χ1n) is 8.32. The fourth-order valence-electron chi connectivity index (χ4n) is 3.15. The van der Waals surface area contributed by atoms with Crippen LogP contribution in [-0.4, -0.2) is 34.3 Å². The van der Waals surface area contributed by atoms with Crippen LogP contribution in [0, 0.1) is 0 Å². The standard InChI is InChI=1S/C19H22N2O3S/c1-10(2)13-6-8-14(9-7-13)16-15(18(23)24-5)11(3)20-19-21(16)17(22)12(4)25-19/h6-10,12,16H,1-5H3/t12-,16+/m1/s1. The number of fused-ring (bicyclic) bond motifs is 1. The number of amides is 1. The zero-order valence-corrected chi connectivity index (χ0v) is 15.9. The molecule has 1 amide bonds. The molecule has 2 aliphatic rings. The van der Waals surface area contributed by atoms with Gasteiger partial charge in [0, 0.05) is 0 Å². The third kappa shape index (κ3) is 2.99. The quantitative estimate of drug-likeness (QED) is 0.774. The largest absolute Gasteiger partial charge is 0.466 e. The van der Waals surface area contributed by atoms with Crippen LogP contribution in [-0.2, 0) is 14.3 Å². The van der Waals surface area contributed by atoms with Crippen molar-refractivity contribution in [1.29, 1.82) is 0 Å². The summed E-state index contributed by atoms with van der Waals surface area (Å²) in [6.07, 6.45) is 0. The van der Waals surface area contributed by atoms with E-state index >= 15 is 0 Å². The third-order valence-corrected chi connectivity index (χ3v) is 5.64. The zero-order chi connectivity index (χ0) is 18.3. The van der Waals surface area contributed by atoms with Gasteiger partial charge in [0.15, 0.2) is 5.17 Å². The second-order valence-electron chi connectivity index (χ2n) is 6.58. The Morgan fingerprint density at radius 3 is 2.48 bits per heavy atom. The number of amidine groups is 1. The SMILES string of the molecule is COC(=O)C1=C(C)N=C2S[C@H](C)C(=O)N2[C@H]1c1ccc(C(C)C)cc1. The highest BCUT2D eigenvalue weighted by Gasteiger charge is 2.46. The van der Waals surface area contributed by atoms with Crippen LogP contribution in [0.5, 0.6) is 0 Å². The average molecular weight is 358 g/mol. The predicted octanol–water partition coefficient (Wildman–Crippen LogP) is 3.63. The van der Waals surface area contributed by atoms with Crippen molar-refractivity contribution in [2.45, 2.75) is 44.9 Å². The van der Waals surface area contributed by atoms with E-state index in [1.807, 2.05) is 31.2 Å². The lowest BCUT2D eigenvalue weighted by Gasteiger charge is -2.33. The Bertz CT molecular complexity index is 780. The molecule has 1 aromatic carbocycles. The molecule has 2 atom stereocenters. The minimum absolute atomic E-state index is 0.0319. The highest BCUT2D eigenvalue weighted by molar-refractivity contribution is 8.15. The van der Waals surface area contributed by atoms with Crippen molar-refractivity contribution in [3.05, 3.63) is 46.7 Å². The highest BCUT2D eigenvalue weighted by atomic mass is 32.2. The monoisotopic (exact) mass is 358 g/mol. The second kappa shape index (κ2) is 6.67. The Hall–Kier alpha value is -2.08. The van der Waals surface area contributed by atoms with Crippen LogP contribution in [0.3, 0.4) is 0 Å². The number of thioether (sulfide) groups is 1. The van der Waals surface area contributed by atoms with Gasteiger partial charge in [-0.3, -0.25) is 9.69 Å². The molecule has 1 fully saturated rings. The topological polar surface area (TPSA) is 59.0 Å². The van der Waals surface area contributed by atoms with Gasteiger partial charge < -0.3 is 4.74 Å². The van der Waals surface area contributed by atoms with Crippen molar-refractivity contribution in [3.63, 3.8) is 0 Å². The average Bonchev–Trinajstić information content (AvgIpc) is 2.87. The normalized spacial score (nSPS) is 23.0. The van der Waals surface area contributed by atoms with Crippen LogP contribution in [0.4, 0.5) is 0 Å². The minimum atomic E-state index is -0.494. The minimum Gasteiger partial charge on any atom is -0.466 e. The van der Waals surface area contributed by atoms with Gasteiger partial charge in [0.2, 0.25) is 5.91 Å². The first-order valence-corrected chi connectivity index (χ1v) is 9.20. The lowest BCUT2D eigenvalue weighted by atomic mass is 9.92. The van der Waals surface area contributed by atoms with Gasteiger partial charge in [0.25, 0.3) is 0 Å². The summed E-state index contributed by atoms with van der Waals surface area (Å²) >= 11 is 1.43. The number of nitrogens with zero attached hydrogens (tertiary/aromatic N) is 2. The lowest BCUT2D eigenvalue weighted by molar-refractivity contribution is -0.137. The molecule has 0 bridgehead atoms. The molecule has 5 nitrogen and oxygen atoms in total. The van der Waals surface area contributed by atoms with Crippen molar-refractivity contribution >= 4 is 28.8 Å². The summed E-state index contributed by atoms with van der Waals surface area (Å²) in [6, 6.07) is 7.57. The maximum absolute atomic E-state index is 12.7. The molecule has 0 aromatic heterocycles. The lowest BCUT2D eigenvalue weighted by Crippen LogP contribution is -2.40. The smallest absolute Gasteiger partial charge is 0.338 e. The van der Waals surface area contributed by atoms with E-state index in [0.29, 0.717) is 22.4 Å². The molecule has 0 unspecified atom stereocenters. The van der Waals surface area contributed by atoms with Gasteiger partial charge >= 0.3 is 5.97 Å². The van der Waals surface area contributed by atoms with Crippen molar-refractivity contribution in [1.82, 2.24) is 4.90 Å². The third-order valence-electron chi connectivity index (χ3n) is 4.58. The Labute approximate surface area is 152 Å². The van der Waals surface area contributed by atoms with Crippen LogP contribution >= 0.6 is 11.8 Å². The summed E-state index contributed by atoms with van der Waals surface area (Å²) in [7, 11) is 1.35. The molecule has 3 rings (SSSR count). The number of methoxy groups -OCH3 is 1. The number of carbonyl (C=O) groups is 2. The van der Waals surface area contributed by atoms with E-state index in [2.05, 4.69) is 18.8 Å². The van der Waals surface area contributed by atoms with Gasteiger partial charge in [-0.1, -0.05) is 49.9 Å². The predicted molar refractivity (Wildman–Crippen MR) is 99.3 cm³/mol. The number of benzene rings is 1. The summed E-state index contributed by atoms with van der Waals surface area (Å²) in [5.74, 6) is -0.0648. The Morgan fingerprint density at radius 1 is 1.28 bits per heavy atom. The number of esters is 1. The molecular weight excluding hydrogens is 336 g/mol. The fraction of sp³-hybridized carbons (Fsp3) is 0.421. The molecule has 0 radical (unpaired) electrons. The molecule has 0 N–H and O–H groups in total. The number of ether oxygens (including phenoxy) is 1. The summed E-state index contributed by atoms with van der Waals surface area (Å²) in [5.41, 5.74) is 3.13. The van der Waals surface area contributed by atoms with E-state index in [0.717, 1.165) is 5.56 Å². The molecule has 0 aliphatic carbocycles. The van der Waals surface area contributed by atoms with Crippen molar-refractivity contribution in [2.24, 2.45) is 4.99 Å². The number of allylic oxidation sites excluding steroid dienone is 1. The van der Waals surface area contributed by atoms with Gasteiger partial charge in [-0.05, 0) is 30.9 Å². The molecule has 0 saturated carbocycles. The Kier molecular flexibility index (Phi) is 4.73. The molecule has 1 aromatic rings. The van der Waals surface area contributed by atoms with Gasteiger partial charge in [-0.2, -0.15) is 0 Å². The van der Waals surface area contributed by atoms with E-state index in [-0.39, 0.29) is 11.2 Å². The van der Waals surface area contributed by atoms with Crippen LogP contribution in [0.25, 0.3) is 0 Å². The number of hydrogen-bond acceptors (Lipinski definition) is 5. The summed E-state index contributed by atoms with van der Waals surface area (Å²) in [4.78, 5) is 31.2. The summed E-state index contributed by atoms with van der Waals surface area (Å²) < 4.78 is 4.97. The van der Waals surface area contributed by atoms with Crippen molar-refractivity contribution < 1.29 is 14.3 Å². The van der Waals surface area contributed by atoms with E-state index in [4.69, 9.17) is 4.74 Å². The number of aliphatic imine (C=N–C) groups is 1. The first kappa shape index (κ1) is 17.7. The van der Waals surface area contributed by atoms with Crippen LogP contribution in [0.2, 0.25) is 0 Å². The molecule has 6 heteroatoms. The van der Waals surface area contributed by atoms with Crippen LogP contribution < -0.4 is 0 Å². The Balaban J connectivity index is 2.12. The van der Waals surface area contributed by atoms with Crippen LogP contribution in [0.1, 0.15) is 50.8 Å². The zero-order valence-electron chi connectivity index (χ0n) is 15.1. The van der Waals surface area contributed by atoms with Crippen molar-refractivity contribution in [3.8, 4) is 0 Å². The molecule has 25 heavy (non-hydrogen) atoms. The van der Waals surface area contributed by atoms with Gasteiger partial charge in [0.05, 0.1) is 29.7 Å². The number of hydrogen-bond donors (Lipinski definition) is 0. The fourth-order valence-corrected chi connectivity index (χ4v) is 4.18. The van der Waals surface area contributed by atoms with E-state index in [1.165, 1.54) is 24.4 Å². The molecule has 0 spiro atoms. The number of rotatable bonds is 3. The molecule has 1 saturated heterocycles. The Morgan fingerprint density at radius 2 is 1.92 bits per heavy atom. The van der Waals surface area contributed by atoms with E-state index in [9.17, 15) is 9.59 Å². The van der Waals surface area contributed by atoms with E-state index < -0.39 is 12.0 Å². The second-order valence-corrected chi connectivity index (χ2v) is 7.89.